The van der Waals surface area contributed by atoms with E-state index in [0.717, 1.165) is 18.7 Å². The Hall–Kier alpha value is -0.280. The fourth-order valence-corrected chi connectivity index (χ4v) is 2.24. The molecule has 16 heavy (non-hydrogen) atoms. The van der Waals surface area contributed by atoms with Crippen LogP contribution in [0.3, 0.4) is 0 Å². The van der Waals surface area contributed by atoms with Crippen LogP contribution in [-0.4, -0.2) is 19.2 Å². The summed E-state index contributed by atoms with van der Waals surface area (Å²) in [7, 11) is 0. The van der Waals surface area contributed by atoms with Gasteiger partial charge in [0, 0.05) is 6.04 Å². The van der Waals surface area contributed by atoms with E-state index in [0.29, 0.717) is 22.7 Å². The molecule has 1 aromatic rings. The van der Waals surface area contributed by atoms with Crippen molar-refractivity contribution in [3.05, 3.63) is 33.8 Å². The molecule has 2 rings (SSSR count). The first kappa shape index (κ1) is 12.2. The third-order valence-electron chi connectivity index (χ3n) is 2.77. The minimum absolute atomic E-state index is 0.498. The molecular formula is C12H15Cl2NO. The Labute approximate surface area is 106 Å². The van der Waals surface area contributed by atoms with Crippen molar-refractivity contribution in [1.82, 2.24) is 5.32 Å². The van der Waals surface area contributed by atoms with Crippen LogP contribution in [0.1, 0.15) is 18.4 Å². The standard InChI is InChI=1S/C12H15Cl2NO/c13-11-5-1-3-9(12(11)14)7-16-8-10-4-2-6-15-10/h1,3,5,10,15H,2,4,6-8H2. The van der Waals surface area contributed by atoms with E-state index in [2.05, 4.69) is 5.32 Å². The molecule has 2 nitrogen and oxygen atoms in total. The summed E-state index contributed by atoms with van der Waals surface area (Å²) < 4.78 is 5.63. The zero-order valence-electron chi connectivity index (χ0n) is 9.01. The van der Waals surface area contributed by atoms with Crippen LogP contribution in [0.2, 0.25) is 10.0 Å². The lowest BCUT2D eigenvalue weighted by atomic mass is 10.2. The SMILES string of the molecule is Clc1cccc(COCC2CCCN2)c1Cl. The van der Waals surface area contributed by atoms with Gasteiger partial charge in [0.05, 0.1) is 23.3 Å². The number of hydrogen-bond acceptors (Lipinski definition) is 2. The monoisotopic (exact) mass is 259 g/mol. The summed E-state index contributed by atoms with van der Waals surface area (Å²) in [6, 6.07) is 6.11. The molecule has 0 amide bonds. The molecule has 0 aliphatic carbocycles. The van der Waals surface area contributed by atoms with E-state index < -0.39 is 0 Å². The van der Waals surface area contributed by atoms with Gasteiger partial charge in [0.1, 0.15) is 0 Å². The minimum Gasteiger partial charge on any atom is -0.375 e. The van der Waals surface area contributed by atoms with Crippen LogP contribution in [0.4, 0.5) is 0 Å². The summed E-state index contributed by atoms with van der Waals surface area (Å²) in [5, 5.41) is 4.57. The Morgan fingerprint density at radius 3 is 3.00 bits per heavy atom. The maximum atomic E-state index is 6.06. The van der Waals surface area contributed by atoms with E-state index in [1.54, 1.807) is 6.07 Å². The Balaban J connectivity index is 1.82. The molecule has 1 unspecified atom stereocenters. The van der Waals surface area contributed by atoms with Gasteiger partial charge in [0.25, 0.3) is 0 Å². The van der Waals surface area contributed by atoms with E-state index in [-0.39, 0.29) is 0 Å². The van der Waals surface area contributed by atoms with Crippen LogP contribution < -0.4 is 5.32 Å². The lowest BCUT2D eigenvalue weighted by molar-refractivity contribution is 0.103. The van der Waals surface area contributed by atoms with Crippen molar-refractivity contribution < 1.29 is 4.74 Å². The van der Waals surface area contributed by atoms with Gasteiger partial charge in [-0.05, 0) is 31.0 Å². The Morgan fingerprint density at radius 2 is 2.25 bits per heavy atom. The van der Waals surface area contributed by atoms with Crippen LogP contribution >= 0.6 is 23.2 Å². The summed E-state index contributed by atoms with van der Waals surface area (Å²) in [5.74, 6) is 0. The number of halogens is 2. The smallest absolute Gasteiger partial charge is 0.0732 e. The van der Waals surface area contributed by atoms with Gasteiger partial charge in [0.15, 0.2) is 0 Å². The zero-order chi connectivity index (χ0) is 11.4. The zero-order valence-corrected chi connectivity index (χ0v) is 10.5. The largest absolute Gasteiger partial charge is 0.375 e. The van der Waals surface area contributed by atoms with Gasteiger partial charge in [0.2, 0.25) is 0 Å². The second-order valence-corrected chi connectivity index (χ2v) is 4.81. The third-order valence-corrected chi connectivity index (χ3v) is 3.63. The van der Waals surface area contributed by atoms with Crippen molar-refractivity contribution in [3.8, 4) is 0 Å². The van der Waals surface area contributed by atoms with Crippen LogP contribution in [-0.2, 0) is 11.3 Å². The molecule has 4 heteroatoms. The van der Waals surface area contributed by atoms with Gasteiger partial charge in [-0.25, -0.2) is 0 Å². The molecule has 1 saturated heterocycles. The highest BCUT2D eigenvalue weighted by molar-refractivity contribution is 6.42. The molecule has 0 bridgehead atoms. The predicted molar refractivity (Wildman–Crippen MR) is 67.1 cm³/mol. The number of rotatable bonds is 4. The second-order valence-electron chi connectivity index (χ2n) is 4.02. The molecule has 88 valence electrons. The van der Waals surface area contributed by atoms with Crippen LogP contribution in [0.15, 0.2) is 18.2 Å². The summed E-state index contributed by atoms with van der Waals surface area (Å²) in [6.45, 7) is 2.37. The molecule has 1 N–H and O–H groups in total. The molecule has 1 aliphatic heterocycles. The minimum atomic E-state index is 0.498. The number of ether oxygens (including phenoxy) is 1. The summed E-state index contributed by atoms with van der Waals surface area (Å²) in [6.07, 6.45) is 2.44. The fraction of sp³-hybridized carbons (Fsp3) is 0.500. The van der Waals surface area contributed by atoms with Crippen molar-refractivity contribution >= 4 is 23.2 Å². The van der Waals surface area contributed by atoms with Gasteiger partial charge in [-0.2, -0.15) is 0 Å². The van der Waals surface area contributed by atoms with Crippen molar-refractivity contribution in [3.63, 3.8) is 0 Å². The molecule has 0 spiro atoms. The first-order valence-corrected chi connectivity index (χ1v) is 6.27. The second kappa shape index (κ2) is 5.87. The molecule has 0 aromatic heterocycles. The molecule has 1 heterocycles. The molecule has 0 radical (unpaired) electrons. The van der Waals surface area contributed by atoms with E-state index >= 15 is 0 Å². The van der Waals surface area contributed by atoms with Crippen LogP contribution in [0.25, 0.3) is 0 Å². The average Bonchev–Trinajstić information content (AvgIpc) is 2.77. The van der Waals surface area contributed by atoms with Gasteiger partial charge >= 0.3 is 0 Å². The number of benzene rings is 1. The number of hydrogen-bond donors (Lipinski definition) is 1. The molecule has 1 fully saturated rings. The average molecular weight is 260 g/mol. The quantitative estimate of drug-likeness (QED) is 0.897. The van der Waals surface area contributed by atoms with Crippen molar-refractivity contribution in [2.75, 3.05) is 13.2 Å². The highest BCUT2D eigenvalue weighted by Crippen LogP contribution is 2.26. The molecular weight excluding hydrogens is 245 g/mol. The predicted octanol–water partition coefficient (Wildman–Crippen LogP) is 3.26. The normalized spacial score (nSPS) is 20.2. The summed E-state index contributed by atoms with van der Waals surface area (Å²) in [4.78, 5) is 0. The van der Waals surface area contributed by atoms with E-state index in [1.807, 2.05) is 12.1 Å². The first-order chi connectivity index (χ1) is 7.77. The molecule has 1 atom stereocenters. The summed E-state index contributed by atoms with van der Waals surface area (Å²) >= 11 is 12.0. The van der Waals surface area contributed by atoms with Crippen LogP contribution in [0.5, 0.6) is 0 Å². The lowest BCUT2D eigenvalue weighted by Gasteiger charge is -2.11. The lowest BCUT2D eigenvalue weighted by Crippen LogP contribution is -2.26. The van der Waals surface area contributed by atoms with E-state index in [4.69, 9.17) is 27.9 Å². The van der Waals surface area contributed by atoms with E-state index in [1.165, 1.54) is 12.8 Å². The van der Waals surface area contributed by atoms with Crippen molar-refractivity contribution in [2.45, 2.75) is 25.5 Å². The van der Waals surface area contributed by atoms with Crippen molar-refractivity contribution in [2.24, 2.45) is 0 Å². The molecule has 1 aromatic carbocycles. The summed E-state index contributed by atoms with van der Waals surface area (Å²) in [5.41, 5.74) is 0.951. The third kappa shape index (κ3) is 3.11. The maximum absolute atomic E-state index is 6.06. The molecule has 0 saturated carbocycles. The van der Waals surface area contributed by atoms with Gasteiger partial charge < -0.3 is 10.1 Å². The fourth-order valence-electron chi connectivity index (χ4n) is 1.87. The topological polar surface area (TPSA) is 21.3 Å². The molecule has 1 aliphatic rings. The highest BCUT2D eigenvalue weighted by atomic mass is 35.5. The number of nitrogens with one attached hydrogen (secondary N) is 1. The van der Waals surface area contributed by atoms with Crippen LogP contribution in [0, 0.1) is 0 Å². The first-order valence-electron chi connectivity index (χ1n) is 5.51. The maximum Gasteiger partial charge on any atom is 0.0732 e. The van der Waals surface area contributed by atoms with Gasteiger partial charge in [-0.1, -0.05) is 35.3 Å². The Kier molecular flexibility index (Phi) is 4.47. The Morgan fingerprint density at radius 1 is 1.38 bits per heavy atom. The van der Waals surface area contributed by atoms with Crippen molar-refractivity contribution in [1.29, 1.82) is 0 Å². The van der Waals surface area contributed by atoms with Gasteiger partial charge in [-0.3, -0.25) is 0 Å². The highest BCUT2D eigenvalue weighted by Gasteiger charge is 2.14. The van der Waals surface area contributed by atoms with Gasteiger partial charge in [-0.15, -0.1) is 0 Å². The Bertz CT molecular complexity index is 351. The van der Waals surface area contributed by atoms with E-state index in [9.17, 15) is 0 Å².